The normalized spacial score (nSPS) is 12.9. The molecule has 0 atom stereocenters. The summed E-state index contributed by atoms with van der Waals surface area (Å²) in [6.45, 7) is 2.13. The minimum atomic E-state index is 0.854. The molecule has 0 aliphatic carbocycles. The topological polar surface area (TPSA) is 26.5 Å². The molecular formula is C15H13N2. The van der Waals surface area contributed by atoms with Gasteiger partial charge in [0.05, 0.1) is 11.4 Å². The van der Waals surface area contributed by atoms with E-state index in [1.807, 2.05) is 18.2 Å². The second-order valence-electron chi connectivity index (χ2n) is 4.27. The van der Waals surface area contributed by atoms with E-state index in [0.717, 1.165) is 23.4 Å². The van der Waals surface area contributed by atoms with Crippen molar-refractivity contribution in [3.8, 4) is 0 Å². The highest BCUT2D eigenvalue weighted by molar-refractivity contribution is 6.07. The Bertz CT molecular complexity index is 585. The predicted molar refractivity (Wildman–Crippen MR) is 69.7 cm³/mol. The van der Waals surface area contributed by atoms with Crippen molar-refractivity contribution in [1.29, 1.82) is 0 Å². The van der Waals surface area contributed by atoms with Crippen molar-refractivity contribution in [3.05, 3.63) is 65.2 Å². The van der Waals surface area contributed by atoms with Crippen molar-refractivity contribution < 1.29 is 0 Å². The summed E-state index contributed by atoms with van der Waals surface area (Å²) >= 11 is 0. The summed E-state index contributed by atoms with van der Waals surface area (Å²) in [6.07, 6.45) is 0.854. The lowest BCUT2D eigenvalue weighted by Gasteiger charge is -2.05. The predicted octanol–water partition coefficient (Wildman–Crippen LogP) is 3.19. The molecule has 1 aliphatic heterocycles. The fraction of sp³-hybridized carbons (Fsp3) is 0.133. The van der Waals surface area contributed by atoms with Crippen LogP contribution in [0.3, 0.4) is 0 Å². The molecule has 0 fully saturated rings. The molecule has 0 saturated carbocycles. The maximum atomic E-state index is 4.28. The molecule has 2 heteroatoms. The minimum Gasteiger partial charge on any atom is -0.154 e. The van der Waals surface area contributed by atoms with Crippen LogP contribution in [-0.4, -0.2) is 5.71 Å². The van der Waals surface area contributed by atoms with E-state index in [1.165, 1.54) is 11.1 Å². The molecule has 2 aromatic carbocycles. The second-order valence-corrected chi connectivity index (χ2v) is 4.27. The molecule has 1 heterocycles. The van der Waals surface area contributed by atoms with Crippen molar-refractivity contribution in [1.82, 2.24) is 5.43 Å². The number of fused-ring (bicyclic) bond motifs is 1. The van der Waals surface area contributed by atoms with Crippen LogP contribution in [0.2, 0.25) is 0 Å². The van der Waals surface area contributed by atoms with Crippen molar-refractivity contribution in [2.45, 2.75) is 13.3 Å². The van der Waals surface area contributed by atoms with Gasteiger partial charge in [-0.2, -0.15) is 10.5 Å². The average molecular weight is 221 g/mol. The number of aryl methyl sites for hydroxylation is 1. The SMILES string of the molecule is Cc1ccccc1CC1=N[N]c2ccccc21. The Morgan fingerprint density at radius 3 is 2.59 bits per heavy atom. The third kappa shape index (κ3) is 1.82. The third-order valence-corrected chi connectivity index (χ3v) is 3.11. The summed E-state index contributed by atoms with van der Waals surface area (Å²) in [4.78, 5) is 0. The summed E-state index contributed by atoms with van der Waals surface area (Å²) in [5.74, 6) is 0. The fourth-order valence-electron chi connectivity index (χ4n) is 2.09. The molecular weight excluding hydrogens is 208 g/mol. The molecule has 1 aliphatic rings. The Balaban J connectivity index is 1.92. The minimum absolute atomic E-state index is 0.854. The number of hydrogen-bond donors (Lipinski definition) is 0. The van der Waals surface area contributed by atoms with Crippen LogP contribution in [0.25, 0.3) is 0 Å². The average Bonchev–Trinajstić information content (AvgIpc) is 2.76. The van der Waals surface area contributed by atoms with Crippen LogP contribution in [-0.2, 0) is 6.42 Å². The molecule has 2 aromatic rings. The zero-order valence-electron chi connectivity index (χ0n) is 9.72. The smallest absolute Gasteiger partial charge is 0.0948 e. The van der Waals surface area contributed by atoms with Crippen LogP contribution in [0.15, 0.2) is 53.6 Å². The Morgan fingerprint density at radius 1 is 0.941 bits per heavy atom. The van der Waals surface area contributed by atoms with Gasteiger partial charge in [0.2, 0.25) is 0 Å². The van der Waals surface area contributed by atoms with E-state index in [-0.39, 0.29) is 0 Å². The van der Waals surface area contributed by atoms with E-state index in [9.17, 15) is 0 Å². The zero-order valence-corrected chi connectivity index (χ0v) is 9.72. The molecule has 0 unspecified atom stereocenters. The van der Waals surface area contributed by atoms with E-state index in [0.29, 0.717) is 0 Å². The summed E-state index contributed by atoms with van der Waals surface area (Å²) in [6, 6.07) is 16.5. The molecule has 0 N–H and O–H groups in total. The lowest BCUT2D eigenvalue weighted by molar-refractivity contribution is 0.981. The maximum Gasteiger partial charge on any atom is 0.0948 e. The number of benzene rings is 2. The van der Waals surface area contributed by atoms with E-state index in [2.05, 4.69) is 47.8 Å². The van der Waals surface area contributed by atoms with Crippen molar-refractivity contribution >= 4 is 11.4 Å². The van der Waals surface area contributed by atoms with E-state index < -0.39 is 0 Å². The highest BCUT2D eigenvalue weighted by atomic mass is 15.3. The standard InChI is InChI=1S/C15H13N2/c1-11-6-2-3-7-12(11)10-15-13-8-4-5-9-14(13)16-17-15/h2-9H,10H2,1H3. The molecule has 0 amide bonds. The van der Waals surface area contributed by atoms with E-state index in [1.54, 1.807) is 0 Å². The fourth-order valence-corrected chi connectivity index (χ4v) is 2.09. The first-order chi connectivity index (χ1) is 8.34. The van der Waals surface area contributed by atoms with Gasteiger partial charge >= 0.3 is 0 Å². The summed E-state index contributed by atoms with van der Waals surface area (Å²) in [7, 11) is 0. The first-order valence-corrected chi connectivity index (χ1v) is 5.76. The van der Waals surface area contributed by atoms with Crippen LogP contribution >= 0.6 is 0 Å². The Hall–Kier alpha value is -2.09. The van der Waals surface area contributed by atoms with Crippen LogP contribution in [0.5, 0.6) is 0 Å². The molecule has 17 heavy (non-hydrogen) atoms. The lowest BCUT2D eigenvalue weighted by Crippen LogP contribution is -2.03. The van der Waals surface area contributed by atoms with Gasteiger partial charge in [0.15, 0.2) is 0 Å². The Kier molecular flexibility index (Phi) is 2.41. The molecule has 3 rings (SSSR count). The van der Waals surface area contributed by atoms with Gasteiger partial charge in [0.25, 0.3) is 0 Å². The van der Waals surface area contributed by atoms with E-state index >= 15 is 0 Å². The van der Waals surface area contributed by atoms with E-state index in [4.69, 9.17) is 0 Å². The maximum absolute atomic E-state index is 4.28. The number of rotatable bonds is 2. The van der Waals surface area contributed by atoms with Crippen molar-refractivity contribution in [3.63, 3.8) is 0 Å². The number of nitrogens with zero attached hydrogens (tertiary/aromatic N) is 2. The van der Waals surface area contributed by atoms with Crippen LogP contribution in [0.1, 0.15) is 16.7 Å². The highest BCUT2D eigenvalue weighted by Gasteiger charge is 2.17. The molecule has 0 spiro atoms. The third-order valence-electron chi connectivity index (χ3n) is 3.11. The molecule has 2 nitrogen and oxygen atoms in total. The molecule has 0 saturated heterocycles. The molecule has 0 bridgehead atoms. The van der Waals surface area contributed by atoms with Gasteiger partial charge in [-0.25, -0.2) is 0 Å². The monoisotopic (exact) mass is 221 g/mol. The molecule has 0 aromatic heterocycles. The van der Waals surface area contributed by atoms with Gasteiger partial charge in [-0.15, -0.1) is 0 Å². The lowest BCUT2D eigenvalue weighted by atomic mass is 9.99. The zero-order chi connectivity index (χ0) is 11.7. The summed E-state index contributed by atoms with van der Waals surface area (Å²) in [5, 5.41) is 4.28. The van der Waals surface area contributed by atoms with Crippen LogP contribution < -0.4 is 5.43 Å². The van der Waals surface area contributed by atoms with Crippen LogP contribution in [0, 0.1) is 6.92 Å². The van der Waals surface area contributed by atoms with Crippen molar-refractivity contribution in [2.24, 2.45) is 5.10 Å². The first-order valence-electron chi connectivity index (χ1n) is 5.76. The van der Waals surface area contributed by atoms with Gasteiger partial charge in [0, 0.05) is 12.0 Å². The van der Waals surface area contributed by atoms with Gasteiger partial charge in [0.1, 0.15) is 0 Å². The first kappa shape index (κ1) is 10.1. The molecule has 83 valence electrons. The Morgan fingerprint density at radius 2 is 1.71 bits per heavy atom. The quantitative estimate of drug-likeness (QED) is 0.744. The highest BCUT2D eigenvalue weighted by Crippen LogP contribution is 2.24. The molecule has 1 radical (unpaired) electrons. The van der Waals surface area contributed by atoms with Gasteiger partial charge < -0.3 is 0 Å². The van der Waals surface area contributed by atoms with Crippen LogP contribution in [0.4, 0.5) is 5.69 Å². The number of hydrogen-bond acceptors (Lipinski definition) is 1. The van der Waals surface area contributed by atoms with Gasteiger partial charge in [-0.3, -0.25) is 0 Å². The summed E-state index contributed by atoms with van der Waals surface area (Å²) in [5.41, 5.74) is 10.0. The van der Waals surface area contributed by atoms with Gasteiger partial charge in [-0.05, 0) is 24.1 Å². The second kappa shape index (κ2) is 4.06. The van der Waals surface area contributed by atoms with Gasteiger partial charge in [-0.1, -0.05) is 42.5 Å². The Labute approximate surface area is 101 Å². The van der Waals surface area contributed by atoms with Crippen molar-refractivity contribution in [2.75, 3.05) is 0 Å². The largest absolute Gasteiger partial charge is 0.154 e. The summed E-state index contributed by atoms with van der Waals surface area (Å²) < 4.78 is 0.